The number of aromatic amines is 1. The molecule has 3 rings (SSSR count). The lowest BCUT2D eigenvalue weighted by Gasteiger charge is -2.05. The van der Waals surface area contributed by atoms with Gasteiger partial charge in [0.05, 0.1) is 17.7 Å². The molecule has 146 valence electrons. The van der Waals surface area contributed by atoms with Crippen molar-refractivity contribution in [3.8, 4) is 11.5 Å². The first-order valence-electron chi connectivity index (χ1n) is 8.55. The van der Waals surface area contributed by atoms with Gasteiger partial charge in [0.1, 0.15) is 12.4 Å². The summed E-state index contributed by atoms with van der Waals surface area (Å²) < 4.78 is 24.0. The van der Waals surface area contributed by atoms with Crippen LogP contribution in [0.25, 0.3) is 11.5 Å². The van der Waals surface area contributed by atoms with Crippen LogP contribution in [0.2, 0.25) is 0 Å². The lowest BCUT2D eigenvalue weighted by atomic mass is 10.0. The van der Waals surface area contributed by atoms with Crippen molar-refractivity contribution in [3.05, 3.63) is 63.1 Å². The Balaban J connectivity index is 1.91. The number of nitrogens with one attached hydrogen (secondary N) is 1. The number of H-pyrrole nitrogens is 1. The van der Waals surface area contributed by atoms with Gasteiger partial charge in [-0.2, -0.15) is 4.68 Å². The van der Waals surface area contributed by atoms with E-state index in [9.17, 15) is 18.8 Å². The van der Waals surface area contributed by atoms with Crippen LogP contribution in [-0.4, -0.2) is 33.1 Å². The summed E-state index contributed by atoms with van der Waals surface area (Å²) in [5.74, 6) is -2.43. The van der Waals surface area contributed by atoms with Crippen molar-refractivity contribution in [2.75, 3.05) is 6.61 Å². The quantitative estimate of drug-likeness (QED) is 0.515. The van der Waals surface area contributed by atoms with Gasteiger partial charge in [-0.05, 0) is 45.0 Å². The van der Waals surface area contributed by atoms with E-state index in [4.69, 9.17) is 9.15 Å². The van der Waals surface area contributed by atoms with Gasteiger partial charge in [-0.3, -0.25) is 4.79 Å². The van der Waals surface area contributed by atoms with Gasteiger partial charge >= 0.3 is 11.7 Å². The van der Waals surface area contributed by atoms with Crippen LogP contribution >= 0.6 is 0 Å². The molecule has 9 heteroatoms. The van der Waals surface area contributed by atoms with Gasteiger partial charge < -0.3 is 14.1 Å². The molecule has 0 radical (unpaired) electrons. The van der Waals surface area contributed by atoms with Crippen molar-refractivity contribution in [2.45, 2.75) is 27.3 Å². The third-order valence-corrected chi connectivity index (χ3v) is 4.12. The predicted molar refractivity (Wildman–Crippen MR) is 96.7 cm³/mol. The number of ether oxygens (including phenoxy) is 1. The Labute approximate surface area is 158 Å². The van der Waals surface area contributed by atoms with Crippen LogP contribution in [0, 0.1) is 19.7 Å². The van der Waals surface area contributed by atoms with Gasteiger partial charge in [-0.15, -0.1) is 5.10 Å². The number of ketones is 1. The lowest BCUT2D eigenvalue weighted by Crippen LogP contribution is -2.23. The number of rotatable bonds is 6. The van der Waals surface area contributed by atoms with E-state index in [0.717, 1.165) is 4.68 Å². The molecule has 0 unspecified atom stereocenters. The highest BCUT2D eigenvalue weighted by Crippen LogP contribution is 2.21. The SMILES string of the molecule is CCOC(=O)c1c(C)[nH]c(C)c1C(=O)Cn1nc(-c2ccc(F)cc2)oc1=O. The number of Topliss-reactive ketones (excluding diaryl/α,β-unsaturated/α-hetero) is 1. The van der Waals surface area contributed by atoms with Crippen molar-refractivity contribution < 1.29 is 23.1 Å². The maximum absolute atomic E-state index is 13.0. The average molecular weight is 387 g/mol. The van der Waals surface area contributed by atoms with Crippen LogP contribution in [0.3, 0.4) is 0 Å². The zero-order valence-corrected chi connectivity index (χ0v) is 15.5. The van der Waals surface area contributed by atoms with E-state index in [-0.39, 0.29) is 23.6 Å². The first kappa shape index (κ1) is 19.3. The fourth-order valence-corrected chi connectivity index (χ4v) is 2.92. The molecule has 0 amide bonds. The molecule has 1 N–H and O–H groups in total. The van der Waals surface area contributed by atoms with Crippen molar-refractivity contribution in [2.24, 2.45) is 0 Å². The highest BCUT2D eigenvalue weighted by molar-refractivity contribution is 6.08. The average Bonchev–Trinajstić information content (AvgIpc) is 3.14. The van der Waals surface area contributed by atoms with Gasteiger partial charge in [0, 0.05) is 17.0 Å². The van der Waals surface area contributed by atoms with E-state index in [2.05, 4.69) is 10.1 Å². The van der Waals surface area contributed by atoms with Crippen LogP contribution in [0.15, 0.2) is 33.5 Å². The smallest absolute Gasteiger partial charge is 0.437 e. The highest BCUT2D eigenvalue weighted by atomic mass is 19.1. The summed E-state index contributed by atoms with van der Waals surface area (Å²) in [6, 6.07) is 5.23. The fourth-order valence-electron chi connectivity index (χ4n) is 2.92. The molecular weight excluding hydrogens is 369 g/mol. The second-order valence-corrected chi connectivity index (χ2v) is 6.11. The molecule has 0 saturated carbocycles. The zero-order chi connectivity index (χ0) is 20.4. The predicted octanol–water partition coefficient (Wildman–Crippen LogP) is 2.65. The van der Waals surface area contributed by atoms with Gasteiger partial charge in [0.2, 0.25) is 5.89 Å². The summed E-state index contributed by atoms with van der Waals surface area (Å²) in [6.45, 7) is 4.72. The minimum absolute atomic E-state index is 0.0367. The topological polar surface area (TPSA) is 107 Å². The number of carbonyl (C=O) groups is 2. The van der Waals surface area contributed by atoms with Crippen molar-refractivity contribution in [1.29, 1.82) is 0 Å². The molecule has 0 aliphatic carbocycles. The number of benzene rings is 1. The zero-order valence-electron chi connectivity index (χ0n) is 15.5. The van der Waals surface area contributed by atoms with E-state index < -0.39 is 29.9 Å². The molecular formula is C19H18FN3O5. The van der Waals surface area contributed by atoms with E-state index in [1.807, 2.05) is 0 Å². The number of aryl methyl sites for hydroxylation is 2. The van der Waals surface area contributed by atoms with Gasteiger partial charge in [-0.25, -0.2) is 14.0 Å². The molecule has 2 heterocycles. The second-order valence-electron chi connectivity index (χ2n) is 6.11. The molecule has 0 bridgehead atoms. The number of carbonyl (C=O) groups excluding carboxylic acids is 2. The fraction of sp³-hybridized carbons (Fsp3) is 0.263. The summed E-state index contributed by atoms with van der Waals surface area (Å²) >= 11 is 0. The van der Waals surface area contributed by atoms with E-state index in [1.54, 1.807) is 20.8 Å². The monoisotopic (exact) mass is 387 g/mol. The molecule has 1 aromatic carbocycles. The molecule has 0 spiro atoms. The maximum atomic E-state index is 13.0. The van der Waals surface area contributed by atoms with Gasteiger partial charge in [0.25, 0.3) is 0 Å². The molecule has 0 fully saturated rings. The van der Waals surface area contributed by atoms with E-state index >= 15 is 0 Å². The van der Waals surface area contributed by atoms with E-state index in [1.165, 1.54) is 24.3 Å². The first-order valence-corrected chi connectivity index (χ1v) is 8.55. The third-order valence-electron chi connectivity index (χ3n) is 4.12. The molecule has 2 aromatic heterocycles. The largest absolute Gasteiger partial charge is 0.462 e. The minimum Gasteiger partial charge on any atom is -0.462 e. The van der Waals surface area contributed by atoms with Crippen LogP contribution in [0.1, 0.15) is 39.0 Å². The molecule has 0 atom stereocenters. The minimum atomic E-state index is -0.838. The van der Waals surface area contributed by atoms with Gasteiger partial charge in [0.15, 0.2) is 5.78 Å². The summed E-state index contributed by atoms with van der Waals surface area (Å²) in [4.78, 5) is 40.0. The third kappa shape index (κ3) is 3.64. The molecule has 0 saturated heterocycles. The second kappa shape index (κ2) is 7.63. The summed E-state index contributed by atoms with van der Waals surface area (Å²) in [6.07, 6.45) is 0. The van der Waals surface area contributed by atoms with Crippen molar-refractivity contribution >= 4 is 11.8 Å². The molecule has 0 aliphatic rings. The Morgan fingerprint density at radius 1 is 1.18 bits per heavy atom. The standard InChI is InChI=1S/C19H18FN3O5/c1-4-27-18(25)16-11(3)21-10(2)15(16)14(24)9-23-19(26)28-17(22-23)12-5-7-13(20)8-6-12/h5-8,21H,4,9H2,1-3H3. The normalized spacial score (nSPS) is 10.9. The Bertz CT molecular complexity index is 1090. The number of hydrogen-bond donors (Lipinski definition) is 1. The molecule has 28 heavy (non-hydrogen) atoms. The Hall–Kier alpha value is -3.49. The first-order chi connectivity index (χ1) is 13.3. The maximum Gasteiger partial charge on any atom is 0.437 e. The van der Waals surface area contributed by atoms with Crippen LogP contribution in [-0.2, 0) is 11.3 Å². The Kier molecular flexibility index (Phi) is 5.25. The summed E-state index contributed by atoms with van der Waals surface area (Å²) in [5, 5.41) is 3.99. The van der Waals surface area contributed by atoms with E-state index in [0.29, 0.717) is 17.0 Å². The van der Waals surface area contributed by atoms with Crippen LogP contribution in [0.4, 0.5) is 4.39 Å². The summed E-state index contributed by atoms with van der Waals surface area (Å²) in [7, 11) is 0. The number of esters is 1. The number of hydrogen-bond acceptors (Lipinski definition) is 6. The Morgan fingerprint density at radius 2 is 1.82 bits per heavy atom. The van der Waals surface area contributed by atoms with Crippen LogP contribution < -0.4 is 5.76 Å². The van der Waals surface area contributed by atoms with Gasteiger partial charge in [-0.1, -0.05) is 0 Å². The van der Waals surface area contributed by atoms with Crippen molar-refractivity contribution in [1.82, 2.24) is 14.8 Å². The van der Waals surface area contributed by atoms with Crippen molar-refractivity contribution in [3.63, 3.8) is 0 Å². The number of nitrogens with zero attached hydrogens (tertiary/aromatic N) is 2. The molecule has 0 aliphatic heterocycles. The summed E-state index contributed by atoms with van der Waals surface area (Å²) in [5.41, 5.74) is 1.67. The van der Waals surface area contributed by atoms with Crippen LogP contribution in [0.5, 0.6) is 0 Å². The number of halogens is 1. The molecule has 3 aromatic rings. The lowest BCUT2D eigenvalue weighted by molar-refractivity contribution is 0.0522. The number of aromatic nitrogens is 3. The molecule has 8 nitrogen and oxygen atoms in total. The highest BCUT2D eigenvalue weighted by Gasteiger charge is 2.26. The Morgan fingerprint density at radius 3 is 2.46 bits per heavy atom.